The molecule has 80 valence electrons. The molecule has 0 aromatic rings. The molecule has 3 nitrogen and oxygen atoms in total. The third-order valence-electron chi connectivity index (χ3n) is 1.75. The Kier molecular flexibility index (Phi) is 9.87. The Morgan fingerprint density at radius 3 is 2.54 bits per heavy atom. The van der Waals surface area contributed by atoms with Crippen LogP contribution in [-0.4, -0.2) is 37.5 Å². The van der Waals surface area contributed by atoms with Crippen molar-refractivity contribution < 1.29 is 9.84 Å². The summed E-state index contributed by atoms with van der Waals surface area (Å²) in [5, 5.41) is 11.8. The zero-order chi connectivity index (χ0) is 9.94. The van der Waals surface area contributed by atoms with Gasteiger partial charge in [-0.3, -0.25) is 0 Å². The van der Waals surface area contributed by atoms with Crippen LogP contribution in [0.1, 0.15) is 33.1 Å². The highest BCUT2D eigenvalue weighted by atomic mass is 16.5. The molecule has 0 heterocycles. The minimum absolute atomic E-state index is 0.301. The number of unbranched alkanes of at least 4 members (excludes halogenated alkanes) is 2. The number of hydrogen-bond donors (Lipinski definition) is 2. The molecule has 0 saturated carbocycles. The molecule has 2 N–H and O–H groups in total. The lowest BCUT2D eigenvalue weighted by molar-refractivity contribution is 0.129. The minimum atomic E-state index is 0.301. The minimum Gasteiger partial charge on any atom is -0.396 e. The van der Waals surface area contributed by atoms with Crippen molar-refractivity contribution in [1.82, 2.24) is 5.32 Å². The van der Waals surface area contributed by atoms with E-state index in [1.807, 2.05) is 0 Å². The molecule has 0 aromatic heterocycles. The Bertz CT molecular complexity index is 96.9. The molecule has 0 fully saturated rings. The van der Waals surface area contributed by atoms with E-state index in [1.165, 1.54) is 0 Å². The first kappa shape index (κ1) is 12.9. The van der Waals surface area contributed by atoms with Gasteiger partial charge in [-0.1, -0.05) is 13.8 Å². The second kappa shape index (κ2) is 9.96. The average Bonchev–Trinajstić information content (AvgIpc) is 2.09. The fourth-order valence-corrected chi connectivity index (χ4v) is 1.01. The largest absolute Gasteiger partial charge is 0.396 e. The molecule has 0 rings (SSSR count). The number of nitrogens with one attached hydrogen (secondary N) is 1. The predicted molar refractivity (Wildman–Crippen MR) is 54.9 cm³/mol. The van der Waals surface area contributed by atoms with Gasteiger partial charge in [0.05, 0.1) is 6.61 Å². The molecule has 13 heavy (non-hydrogen) atoms. The van der Waals surface area contributed by atoms with Crippen molar-refractivity contribution in [1.29, 1.82) is 0 Å². The number of hydrogen-bond acceptors (Lipinski definition) is 3. The molecule has 3 heteroatoms. The zero-order valence-corrected chi connectivity index (χ0v) is 8.88. The molecular formula is C10H23NO2. The van der Waals surface area contributed by atoms with E-state index >= 15 is 0 Å². The molecule has 0 bridgehead atoms. The summed E-state index contributed by atoms with van der Waals surface area (Å²) in [6.07, 6.45) is 3.02. The molecule has 0 radical (unpaired) electrons. The second-order valence-corrected chi connectivity index (χ2v) is 3.51. The summed E-state index contributed by atoms with van der Waals surface area (Å²) < 4.78 is 5.39. The third-order valence-corrected chi connectivity index (χ3v) is 1.75. The predicted octanol–water partition coefficient (Wildman–Crippen LogP) is 1.16. The maximum atomic E-state index is 8.52. The smallest absolute Gasteiger partial charge is 0.0590 e. The van der Waals surface area contributed by atoms with Crippen molar-refractivity contribution in [2.45, 2.75) is 39.2 Å². The summed E-state index contributed by atoms with van der Waals surface area (Å²) >= 11 is 0. The molecule has 0 saturated heterocycles. The summed E-state index contributed by atoms with van der Waals surface area (Å²) in [7, 11) is 0. The lowest BCUT2D eigenvalue weighted by Gasteiger charge is -2.08. The van der Waals surface area contributed by atoms with Gasteiger partial charge in [0.15, 0.2) is 0 Å². The lowest BCUT2D eigenvalue weighted by atomic mass is 10.2. The van der Waals surface area contributed by atoms with Crippen molar-refractivity contribution in [3.8, 4) is 0 Å². The van der Waals surface area contributed by atoms with Gasteiger partial charge in [-0.25, -0.2) is 0 Å². The lowest BCUT2D eigenvalue weighted by Crippen LogP contribution is -2.26. The standard InChI is InChI=1S/C10H23NO2/c1-10(2)11-6-9-13-8-5-3-4-7-12/h10-12H,3-9H2,1-2H3. The summed E-state index contributed by atoms with van der Waals surface area (Å²) in [5.74, 6) is 0. The highest BCUT2D eigenvalue weighted by Crippen LogP contribution is 1.93. The Labute approximate surface area is 81.5 Å². The molecule has 0 aliphatic carbocycles. The van der Waals surface area contributed by atoms with Crippen LogP contribution in [0.25, 0.3) is 0 Å². The molecule has 0 amide bonds. The average molecular weight is 189 g/mol. The van der Waals surface area contributed by atoms with Crippen LogP contribution >= 0.6 is 0 Å². The molecule has 0 unspecified atom stereocenters. The van der Waals surface area contributed by atoms with Gasteiger partial charge in [-0.15, -0.1) is 0 Å². The van der Waals surface area contributed by atoms with Gasteiger partial charge in [0.25, 0.3) is 0 Å². The van der Waals surface area contributed by atoms with E-state index in [9.17, 15) is 0 Å². The monoisotopic (exact) mass is 189 g/mol. The van der Waals surface area contributed by atoms with Crippen molar-refractivity contribution >= 4 is 0 Å². The Hall–Kier alpha value is -0.120. The van der Waals surface area contributed by atoms with E-state index < -0.39 is 0 Å². The first-order chi connectivity index (χ1) is 6.27. The molecule has 0 aliphatic heterocycles. The Morgan fingerprint density at radius 1 is 1.15 bits per heavy atom. The van der Waals surface area contributed by atoms with E-state index in [-0.39, 0.29) is 0 Å². The van der Waals surface area contributed by atoms with Crippen molar-refractivity contribution in [3.05, 3.63) is 0 Å². The topological polar surface area (TPSA) is 41.5 Å². The van der Waals surface area contributed by atoms with Crippen LogP contribution in [0.5, 0.6) is 0 Å². The Balaban J connectivity index is 2.84. The maximum absolute atomic E-state index is 8.52. The highest BCUT2D eigenvalue weighted by molar-refractivity contribution is 4.50. The number of ether oxygens (including phenoxy) is 1. The quantitative estimate of drug-likeness (QED) is 0.535. The van der Waals surface area contributed by atoms with Crippen molar-refractivity contribution in [3.63, 3.8) is 0 Å². The van der Waals surface area contributed by atoms with Crippen LogP contribution in [-0.2, 0) is 4.74 Å². The van der Waals surface area contributed by atoms with Crippen molar-refractivity contribution in [2.75, 3.05) is 26.4 Å². The number of rotatable bonds is 9. The molecular weight excluding hydrogens is 166 g/mol. The number of aliphatic hydroxyl groups is 1. The summed E-state index contributed by atoms with van der Waals surface area (Å²) in [6, 6.07) is 0.540. The maximum Gasteiger partial charge on any atom is 0.0590 e. The van der Waals surface area contributed by atoms with Gasteiger partial charge < -0.3 is 15.2 Å². The van der Waals surface area contributed by atoms with E-state index in [2.05, 4.69) is 19.2 Å². The van der Waals surface area contributed by atoms with Crippen LogP contribution in [0, 0.1) is 0 Å². The van der Waals surface area contributed by atoms with Gasteiger partial charge in [-0.05, 0) is 19.3 Å². The molecule has 0 aromatic carbocycles. The fraction of sp³-hybridized carbons (Fsp3) is 1.00. The van der Waals surface area contributed by atoms with Crippen LogP contribution < -0.4 is 5.32 Å². The zero-order valence-electron chi connectivity index (χ0n) is 8.88. The van der Waals surface area contributed by atoms with E-state index in [1.54, 1.807) is 0 Å². The number of aliphatic hydroxyl groups excluding tert-OH is 1. The normalized spacial score (nSPS) is 11.1. The fourth-order valence-electron chi connectivity index (χ4n) is 1.01. The van der Waals surface area contributed by atoms with Gasteiger partial charge in [0.1, 0.15) is 0 Å². The van der Waals surface area contributed by atoms with Gasteiger partial charge >= 0.3 is 0 Å². The molecule has 0 atom stereocenters. The van der Waals surface area contributed by atoms with Crippen LogP contribution in [0.3, 0.4) is 0 Å². The first-order valence-electron chi connectivity index (χ1n) is 5.19. The van der Waals surface area contributed by atoms with Gasteiger partial charge in [0, 0.05) is 25.8 Å². The van der Waals surface area contributed by atoms with Crippen LogP contribution in [0.15, 0.2) is 0 Å². The molecule has 0 spiro atoms. The van der Waals surface area contributed by atoms with Crippen molar-refractivity contribution in [2.24, 2.45) is 0 Å². The van der Waals surface area contributed by atoms with Crippen LogP contribution in [0.2, 0.25) is 0 Å². The second-order valence-electron chi connectivity index (χ2n) is 3.51. The Morgan fingerprint density at radius 2 is 1.92 bits per heavy atom. The van der Waals surface area contributed by atoms with E-state index in [0.717, 1.165) is 39.0 Å². The van der Waals surface area contributed by atoms with E-state index in [4.69, 9.17) is 9.84 Å². The molecule has 0 aliphatic rings. The SMILES string of the molecule is CC(C)NCCOCCCCCO. The summed E-state index contributed by atoms with van der Waals surface area (Å²) in [6.45, 7) is 7.09. The summed E-state index contributed by atoms with van der Waals surface area (Å²) in [5.41, 5.74) is 0. The van der Waals surface area contributed by atoms with Gasteiger partial charge in [-0.2, -0.15) is 0 Å². The van der Waals surface area contributed by atoms with Crippen LogP contribution in [0.4, 0.5) is 0 Å². The van der Waals surface area contributed by atoms with E-state index in [0.29, 0.717) is 12.6 Å². The highest BCUT2D eigenvalue weighted by Gasteiger charge is 1.92. The first-order valence-corrected chi connectivity index (χ1v) is 5.19. The summed E-state index contributed by atoms with van der Waals surface area (Å²) in [4.78, 5) is 0. The third kappa shape index (κ3) is 11.9. The van der Waals surface area contributed by atoms with Gasteiger partial charge in [0.2, 0.25) is 0 Å².